The molecule has 0 saturated carbocycles. The van der Waals surface area contributed by atoms with Gasteiger partial charge in [-0.15, -0.1) is 0 Å². The van der Waals surface area contributed by atoms with Gasteiger partial charge in [0.05, 0.1) is 5.56 Å². The van der Waals surface area contributed by atoms with E-state index in [2.05, 4.69) is 27.2 Å². The van der Waals surface area contributed by atoms with E-state index >= 15 is 0 Å². The first kappa shape index (κ1) is 23.5. The topological polar surface area (TPSA) is 34.1 Å². The van der Waals surface area contributed by atoms with Crippen LogP contribution in [0.1, 0.15) is 30.9 Å². The van der Waals surface area contributed by atoms with Gasteiger partial charge < -0.3 is 20.0 Å². The molecule has 8 heteroatoms. The minimum atomic E-state index is -4.30. The number of benzene rings is 1. The number of nitrogens with zero attached hydrogens (tertiary/aromatic N) is 4. The average molecular weight is 414 g/mol. The van der Waals surface area contributed by atoms with Gasteiger partial charge in [-0.05, 0) is 51.1 Å². The SMILES string of the molecule is CCNC(=NCCCCN1CCN(C)CC1)N(C)Cc1ccc(C(F)(F)F)cc1. The van der Waals surface area contributed by atoms with Gasteiger partial charge in [0, 0.05) is 52.9 Å². The monoisotopic (exact) mass is 413 g/mol. The molecule has 5 nitrogen and oxygen atoms in total. The van der Waals surface area contributed by atoms with Crippen molar-refractivity contribution in [1.29, 1.82) is 0 Å². The van der Waals surface area contributed by atoms with Crippen molar-refractivity contribution < 1.29 is 13.2 Å². The molecule has 1 heterocycles. The number of halogens is 3. The maximum absolute atomic E-state index is 12.7. The van der Waals surface area contributed by atoms with Crippen molar-refractivity contribution >= 4 is 5.96 Å². The van der Waals surface area contributed by atoms with Gasteiger partial charge >= 0.3 is 6.18 Å². The van der Waals surface area contributed by atoms with E-state index in [1.807, 2.05) is 18.9 Å². The number of hydrogen-bond donors (Lipinski definition) is 1. The van der Waals surface area contributed by atoms with Crippen LogP contribution in [0.2, 0.25) is 0 Å². The fourth-order valence-corrected chi connectivity index (χ4v) is 3.32. The van der Waals surface area contributed by atoms with Crippen molar-refractivity contribution in [3.8, 4) is 0 Å². The summed E-state index contributed by atoms with van der Waals surface area (Å²) in [6.45, 7) is 9.66. The molecule has 0 spiro atoms. The Morgan fingerprint density at radius 1 is 1.10 bits per heavy atom. The number of rotatable bonds is 8. The van der Waals surface area contributed by atoms with Crippen molar-refractivity contribution in [3.05, 3.63) is 35.4 Å². The van der Waals surface area contributed by atoms with Crippen molar-refractivity contribution in [3.63, 3.8) is 0 Å². The van der Waals surface area contributed by atoms with Gasteiger partial charge in [-0.1, -0.05) is 12.1 Å². The van der Waals surface area contributed by atoms with Gasteiger partial charge in [0.25, 0.3) is 0 Å². The van der Waals surface area contributed by atoms with Gasteiger partial charge in [-0.25, -0.2) is 0 Å². The summed E-state index contributed by atoms with van der Waals surface area (Å²) in [6.07, 6.45) is -2.16. The molecule has 0 bridgehead atoms. The van der Waals surface area contributed by atoms with Crippen LogP contribution in [-0.2, 0) is 12.7 Å². The summed E-state index contributed by atoms with van der Waals surface area (Å²) in [5, 5.41) is 3.26. The Kier molecular flexibility index (Phi) is 9.23. The number of hydrogen-bond acceptors (Lipinski definition) is 3. The first-order valence-corrected chi connectivity index (χ1v) is 10.4. The summed E-state index contributed by atoms with van der Waals surface area (Å²) in [6, 6.07) is 5.31. The standard InChI is InChI=1S/C21H34F3N5/c1-4-25-20(26-11-5-6-12-29-15-13-27(2)14-16-29)28(3)17-18-7-9-19(10-8-18)21(22,23)24/h7-10H,4-6,11-17H2,1-3H3,(H,25,26). The Bertz CT molecular complexity index is 622. The number of piperazine rings is 1. The quantitative estimate of drug-likeness (QED) is 0.403. The Labute approximate surface area is 172 Å². The minimum absolute atomic E-state index is 0.505. The average Bonchev–Trinajstić information content (AvgIpc) is 2.68. The Morgan fingerprint density at radius 3 is 2.34 bits per heavy atom. The molecular formula is C21H34F3N5. The van der Waals surface area contributed by atoms with Gasteiger partial charge in [-0.3, -0.25) is 4.99 Å². The van der Waals surface area contributed by atoms with E-state index in [1.165, 1.54) is 12.1 Å². The van der Waals surface area contributed by atoms with Crippen LogP contribution in [0.25, 0.3) is 0 Å². The number of alkyl halides is 3. The molecule has 0 aromatic heterocycles. The zero-order valence-corrected chi connectivity index (χ0v) is 17.8. The minimum Gasteiger partial charge on any atom is -0.357 e. The highest BCUT2D eigenvalue weighted by molar-refractivity contribution is 5.79. The van der Waals surface area contributed by atoms with E-state index in [1.54, 1.807) is 0 Å². The van der Waals surface area contributed by atoms with Gasteiger partial charge in [0.1, 0.15) is 0 Å². The largest absolute Gasteiger partial charge is 0.416 e. The summed E-state index contributed by atoms with van der Waals surface area (Å²) in [4.78, 5) is 11.5. The Hall–Kier alpha value is -1.80. The summed E-state index contributed by atoms with van der Waals surface area (Å²) < 4.78 is 38.1. The van der Waals surface area contributed by atoms with Crippen LogP contribution in [0.4, 0.5) is 13.2 Å². The third-order valence-electron chi connectivity index (χ3n) is 5.14. The molecule has 0 unspecified atom stereocenters. The molecule has 1 saturated heterocycles. The summed E-state index contributed by atoms with van der Waals surface area (Å²) in [7, 11) is 4.07. The molecule has 1 aliphatic rings. The highest BCUT2D eigenvalue weighted by atomic mass is 19.4. The first-order chi connectivity index (χ1) is 13.8. The zero-order chi connectivity index (χ0) is 21.3. The van der Waals surface area contributed by atoms with Crippen LogP contribution in [0.3, 0.4) is 0 Å². The molecule has 0 radical (unpaired) electrons. The van der Waals surface area contributed by atoms with Crippen LogP contribution >= 0.6 is 0 Å². The van der Waals surface area contributed by atoms with Gasteiger partial charge in [0.2, 0.25) is 0 Å². The van der Waals surface area contributed by atoms with E-state index in [4.69, 9.17) is 0 Å². The maximum Gasteiger partial charge on any atom is 0.416 e. The summed E-state index contributed by atoms with van der Waals surface area (Å²) in [5.41, 5.74) is 0.200. The van der Waals surface area contributed by atoms with Crippen LogP contribution < -0.4 is 5.32 Å². The second kappa shape index (κ2) is 11.4. The second-order valence-corrected chi connectivity index (χ2v) is 7.64. The molecule has 0 atom stereocenters. The number of guanidine groups is 1. The van der Waals surface area contributed by atoms with Crippen molar-refractivity contribution in [2.24, 2.45) is 4.99 Å². The van der Waals surface area contributed by atoms with Crippen molar-refractivity contribution in [1.82, 2.24) is 20.0 Å². The van der Waals surface area contributed by atoms with E-state index in [0.29, 0.717) is 6.54 Å². The van der Waals surface area contributed by atoms with Crippen LogP contribution in [0.5, 0.6) is 0 Å². The van der Waals surface area contributed by atoms with Gasteiger partial charge in [0.15, 0.2) is 5.96 Å². The highest BCUT2D eigenvalue weighted by Gasteiger charge is 2.29. The van der Waals surface area contributed by atoms with E-state index in [9.17, 15) is 13.2 Å². The summed E-state index contributed by atoms with van der Waals surface area (Å²) in [5.74, 6) is 0.784. The Balaban J connectivity index is 1.79. The third kappa shape index (κ3) is 8.22. The lowest BCUT2D eigenvalue weighted by molar-refractivity contribution is -0.137. The Morgan fingerprint density at radius 2 is 1.76 bits per heavy atom. The van der Waals surface area contributed by atoms with E-state index in [0.717, 1.165) is 82.3 Å². The maximum atomic E-state index is 12.7. The number of unbranched alkanes of at least 4 members (excludes halogenated alkanes) is 1. The van der Waals surface area contributed by atoms with Crippen molar-refractivity contribution in [2.45, 2.75) is 32.5 Å². The molecule has 2 rings (SSSR count). The smallest absolute Gasteiger partial charge is 0.357 e. The second-order valence-electron chi connectivity index (χ2n) is 7.64. The first-order valence-electron chi connectivity index (χ1n) is 10.4. The van der Waals surface area contributed by atoms with Crippen LogP contribution in [0.15, 0.2) is 29.3 Å². The van der Waals surface area contributed by atoms with Crippen molar-refractivity contribution in [2.75, 3.05) is 59.9 Å². The molecule has 29 heavy (non-hydrogen) atoms. The molecular weight excluding hydrogens is 379 g/mol. The molecule has 164 valence electrons. The highest BCUT2D eigenvalue weighted by Crippen LogP contribution is 2.29. The lowest BCUT2D eigenvalue weighted by Gasteiger charge is -2.32. The van der Waals surface area contributed by atoms with Crippen LogP contribution in [-0.4, -0.2) is 80.6 Å². The molecule has 0 aliphatic carbocycles. The molecule has 0 amide bonds. The fourth-order valence-electron chi connectivity index (χ4n) is 3.32. The van der Waals surface area contributed by atoms with Crippen LogP contribution in [0, 0.1) is 0 Å². The van der Waals surface area contributed by atoms with Gasteiger partial charge in [-0.2, -0.15) is 13.2 Å². The lowest BCUT2D eigenvalue weighted by Crippen LogP contribution is -2.44. The summed E-state index contributed by atoms with van der Waals surface area (Å²) >= 11 is 0. The molecule has 1 aliphatic heterocycles. The third-order valence-corrected chi connectivity index (χ3v) is 5.14. The van der Waals surface area contributed by atoms with E-state index in [-0.39, 0.29) is 0 Å². The molecule has 1 aromatic rings. The number of aliphatic imine (C=N–C) groups is 1. The predicted molar refractivity (Wildman–Crippen MR) is 112 cm³/mol. The predicted octanol–water partition coefficient (Wildman–Crippen LogP) is 3.13. The van der Waals surface area contributed by atoms with E-state index < -0.39 is 11.7 Å². The molecule has 1 aromatic carbocycles. The molecule has 1 N–H and O–H groups in total. The fraction of sp³-hybridized carbons (Fsp3) is 0.667. The number of nitrogens with one attached hydrogen (secondary N) is 1. The molecule has 1 fully saturated rings. The lowest BCUT2D eigenvalue weighted by atomic mass is 10.1. The number of likely N-dealkylation sites (N-methyl/N-ethyl adjacent to an activating group) is 1. The zero-order valence-electron chi connectivity index (χ0n) is 17.8. The normalized spacial score (nSPS) is 16.8.